The van der Waals surface area contributed by atoms with E-state index in [1.807, 2.05) is 0 Å². The molecule has 80 valence electrons. The molecule has 0 aliphatic heterocycles. The number of aliphatic carboxylic acids is 1. The van der Waals surface area contributed by atoms with Gasteiger partial charge in [0.15, 0.2) is 6.10 Å². The molecule has 4 heteroatoms. The Balaban J connectivity index is 2.69. The molecule has 0 amide bonds. The molecule has 0 aliphatic rings. The van der Waals surface area contributed by atoms with Gasteiger partial charge in [0.2, 0.25) is 0 Å². The summed E-state index contributed by atoms with van der Waals surface area (Å²) in [5, 5.41) is 9.40. The van der Waals surface area contributed by atoms with Crippen LogP contribution in [0, 0.1) is 0 Å². The van der Waals surface area contributed by atoms with Crippen LogP contribution in [0.2, 0.25) is 5.02 Å². The number of halogens is 1. The quantitative estimate of drug-likeness (QED) is 0.786. The van der Waals surface area contributed by atoms with Crippen molar-refractivity contribution in [1.82, 2.24) is 0 Å². The fourth-order valence-electron chi connectivity index (χ4n) is 1.03. The van der Waals surface area contributed by atoms with E-state index < -0.39 is 12.1 Å². The fraction of sp³-hybridized carbons (Fsp3) is 0.182. The Morgan fingerprint density at radius 3 is 2.60 bits per heavy atom. The van der Waals surface area contributed by atoms with E-state index >= 15 is 0 Å². The van der Waals surface area contributed by atoms with Crippen LogP contribution in [0.15, 0.2) is 36.9 Å². The van der Waals surface area contributed by atoms with Gasteiger partial charge >= 0.3 is 5.97 Å². The molecule has 1 aromatic rings. The first-order valence-electron chi connectivity index (χ1n) is 4.39. The Kier molecular flexibility index (Phi) is 4.18. The zero-order chi connectivity index (χ0) is 11.3. The minimum absolute atomic E-state index is 0.262. The minimum Gasteiger partial charge on any atom is -0.478 e. The summed E-state index contributed by atoms with van der Waals surface area (Å²) in [7, 11) is 0. The monoisotopic (exact) mass is 226 g/mol. The van der Waals surface area contributed by atoms with Gasteiger partial charge in [0.1, 0.15) is 5.75 Å². The van der Waals surface area contributed by atoms with Gasteiger partial charge in [0.25, 0.3) is 0 Å². The molecule has 0 saturated carbocycles. The molecule has 15 heavy (non-hydrogen) atoms. The van der Waals surface area contributed by atoms with Crippen molar-refractivity contribution < 1.29 is 14.6 Å². The van der Waals surface area contributed by atoms with Crippen LogP contribution >= 0.6 is 11.6 Å². The molecule has 1 aromatic carbocycles. The lowest BCUT2D eigenvalue weighted by atomic mass is 10.2. The largest absolute Gasteiger partial charge is 0.478 e. The molecule has 1 unspecified atom stereocenters. The Bertz CT molecular complexity index is 345. The number of carbonyl (C=O) groups is 1. The van der Waals surface area contributed by atoms with Crippen molar-refractivity contribution in [2.24, 2.45) is 0 Å². The number of ether oxygens (including phenoxy) is 1. The SMILES string of the molecule is C=CCC(Oc1ccc(Cl)cc1)C(=O)O. The highest BCUT2D eigenvalue weighted by atomic mass is 35.5. The molecule has 1 atom stereocenters. The second kappa shape index (κ2) is 5.41. The average Bonchev–Trinajstić information content (AvgIpc) is 2.20. The van der Waals surface area contributed by atoms with Crippen molar-refractivity contribution in [3.05, 3.63) is 41.9 Å². The second-order valence-electron chi connectivity index (χ2n) is 2.92. The number of benzene rings is 1. The summed E-state index contributed by atoms with van der Waals surface area (Å²) in [4.78, 5) is 10.8. The lowest BCUT2D eigenvalue weighted by Crippen LogP contribution is -2.26. The first-order chi connectivity index (χ1) is 7.13. The molecule has 1 N–H and O–H groups in total. The number of carboxylic acid groups (broad SMARTS) is 1. The van der Waals surface area contributed by atoms with Gasteiger partial charge in [-0.1, -0.05) is 17.7 Å². The second-order valence-corrected chi connectivity index (χ2v) is 3.36. The third-order valence-electron chi connectivity index (χ3n) is 1.75. The Morgan fingerprint density at radius 2 is 2.13 bits per heavy atom. The van der Waals surface area contributed by atoms with Gasteiger partial charge in [-0.05, 0) is 24.3 Å². The summed E-state index contributed by atoms with van der Waals surface area (Å²) < 4.78 is 5.24. The van der Waals surface area contributed by atoms with E-state index in [0.717, 1.165) is 0 Å². The fourth-order valence-corrected chi connectivity index (χ4v) is 1.15. The molecule has 0 aromatic heterocycles. The Labute approximate surface area is 92.9 Å². The third-order valence-corrected chi connectivity index (χ3v) is 2.00. The van der Waals surface area contributed by atoms with Crippen LogP contribution in [-0.4, -0.2) is 17.2 Å². The molecular formula is C11H11ClO3. The van der Waals surface area contributed by atoms with E-state index in [0.29, 0.717) is 10.8 Å². The van der Waals surface area contributed by atoms with Crippen molar-refractivity contribution >= 4 is 17.6 Å². The summed E-state index contributed by atoms with van der Waals surface area (Å²) in [6.45, 7) is 3.47. The van der Waals surface area contributed by atoms with Gasteiger partial charge in [-0.15, -0.1) is 6.58 Å². The van der Waals surface area contributed by atoms with Gasteiger partial charge in [0.05, 0.1) is 0 Å². The van der Waals surface area contributed by atoms with E-state index in [9.17, 15) is 4.79 Å². The summed E-state index contributed by atoms with van der Waals surface area (Å²) >= 11 is 5.68. The molecule has 3 nitrogen and oxygen atoms in total. The average molecular weight is 227 g/mol. The standard InChI is InChI=1S/C11H11ClO3/c1-2-3-10(11(13)14)15-9-6-4-8(12)5-7-9/h2,4-7,10H,1,3H2,(H,13,14). The van der Waals surface area contributed by atoms with Crippen LogP contribution in [0.5, 0.6) is 5.75 Å². The summed E-state index contributed by atoms with van der Waals surface area (Å²) in [6, 6.07) is 6.54. The molecule has 0 spiro atoms. The minimum atomic E-state index is -1.01. The summed E-state index contributed by atoms with van der Waals surface area (Å²) in [5.74, 6) is -0.529. The van der Waals surface area contributed by atoms with E-state index in [1.54, 1.807) is 24.3 Å². The van der Waals surface area contributed by atoms with Crippen molar-refractivity contribution in [1.29, 1.82) is 0 Å². The van der Waals surface area contributed by atoms with Crippen molar-refractivity contribution in [3.63, 3.8) is 0 Å². The van der Waals surface area contributed by atoms with Crippen molar-refractivity contribution in [3.8, 4) is 5.75 Å². The summed E-state index contributed by atoms with van der Waals surface area (Å²) in [6.07, 6.45) is 0.871. The maximum absolute atomic E-state index is 10.8. The predicted molar refractivity (Wildman–Crippen MR) is 58.3 cm³/mol. The lowest BCUT2D eigenvalue weighted by molar-refractivity contribution is -0.144. The van der Waals surface area contributed by atoms with Crippen molar-refractivity contribution in [2.75, 3.05) is 0 Å². The number of rotatable bonds is 5. The van der Waals surface area contributed by atoms with E-state index in [2.05, 4.69) is 6.58 Å². The first-order valence-corrected chi connectivity index (χ1v) is 4.77. The number of hydrogen-bond donors (Lipinski definition) is 1. The van der Waals surface area contributed by atoms with Crippen LogP contribution in [0.1, 0.15) is 6.42 Å². The third kappa shape index (κ3) is 3.64. The highest BCUT2D eigenvalue weighted by Crippen LogP contribution is 2.17. The normalized spacial score (nSPS) is 11.8. The molecule has 0 aliphatic carbocycles. The highest BCUT2D eigenvalue weighted by molar-refractivity contribution is 6.30. The van der Waals surface area contributed by atoms with Gasteiger partial charge in [-0.3, -0.25) is 0 Å². The smallest absolute Gasteiger partial charge is 0.345 e. The molecule has 0 bridgehead atoms. The number of carboxylic acids is 1. The van der Waals surface area contributed by atoms with E-state index in [1.165, 1.54) is 6.08 Å². The topological polar surface area (TPSA) is 46.5 Å². The maximum atomic E-state index is 10.8. The lowest BCUT2D eigenvalue weighted by Gasteiger charge is -2.12. The Morgan fingerprint density at radius 1 is 1.53 bits per heavy atom. The molecule has 0 saturated heterocycles. The molecule has 1 rings (SSSR count). The molecule has 0 fully saturated rings. The van der Waals surface area contributed by atoms with Crippen LogP contribution in [0.3, 0.4) is 0 Å². The molecule has 0 radical (unpaired) electrons. The maximum Gasteiger partial charge on any atom is 0.345 e. The van der Waals surface area contributed by atoms with Gasteiger partial charge in [-0.25, -0.2) is 4.79 Å². The van der Waals surface area contributed by atoms with Crippen molar-refractivity contribution in [2.45, 2.75) is 12.5 Å². The van der Waals surface area contributed by atoms with Crippen LogP contribution in [-0.2, 0) is 4.79 Å². The van der Waals surface area contributed by atoms with E-state index in [4.69, 9.17) is 21.4 Å². The first kappa shape index (κ1) is 11.6. The van der Waals surface area contributed by atoms with Gasteiger partial charge in [0, 0.05) is 11.4 Å². The molecular weight excluding hydrogens is 216 g/mol. The summed E-state index contributed by atoms with van der Waals surface area (Å²) in [5.41, 5.74) is 0. The predicted octanol–water partition coefficient (Wildman–Crippen LogP) is 2.75. The molecule has 0 heterocycles. The van der Waals surface area contributed by atoms with Crippen LogP contribution in [0.25, 0.3) is 0 Å². The zero-order valence-corrected chi connectivity index (χ0v) is 8.78. The number of hydrogen-bond acceptors (Lipinski definition) is 2. The van der Waals surface area contributed by atoms with E-state index in [-0.39, 0.29) is 6.42 Å². The van der Waals surface area contributed by atoms with Gasteiger partial charge < -0.3 is 9.84 Å². The van der Waals surface area contributed by atoms with Gasteiger partial charge in [-0.2, -0.15) is 0 Å². The Hall–Kier alpha value is -1.48. The van der Waals surface area contributed by atoms with Crippen LogP contribution in [0.4, 0.5) is 0 Å². The highest BCUT2D eigenvalue weighted by Gasteiger charge is 2.17. The van der Waals surface area contributed by atoms with Crippen LogP contribution < -0.4 is 4.74 Å². The zero-order valence-electron chi connectivity index (χ0n) is 8.02.